The Kier molecular flexibility index (Phi) is 9.34. The van der Waals surface area contributed by atoms with Crippen LogP contribution in [0.1, 0.15) is 36.0 Å². The molecule has 6 nitrogen and oxygen atoms in total. The number of nitrogens with zero attached hydrogens (tertiary/aromatic N) is 2. The number of pyridine rings is 1. The normalized spacial score (nSPS) is 18.3. The number of aromatic nitrogens is 1. The lowest BCUT2D eigenvalue weighted by Crippen LogP contribution is -2.42. The number of rotatable bonds is 11. The van der Waals surface area contributed by atoms with E-state index in [-0.39, 0.29) is 35.6 Å². The van der Waals surface area contributed by atoms with Crippen LogP contribution < -0.4 is 4.74 Å². The first-order valence-electron chi connectivity index (χ1n) is 12.1. The Morgan fingerprint density at radius 1 is 1.25 bits per heavy atom. The van der Waals surface area contributed by atoms with Gasteiger partial charge in [0.05, 0.1) is 35.7 Å². The van der Waals surface area contributed by atoms with Gasteiger partial charge in [-0.15, -0.1) is 23.1 Å². The van der Waals surface area contributed by atoms with Crippen LogP contribution in [-0.4, -0.2) is 61.2 Å². The number of ketones is 1. The molecule has 3 aromatic rings. The van der Waals surface area contributed by atoms with Crippen molar-refractivity contribution in [1.29, 1.82) is 0 Å². The lowest BCUT2D eigenvalue weighted by atomic mass is 9.79. The number of esters is 1. The largest absolute Gasteiger partial charge is 0.497 e. The molecule has 192 valence electrons. The van der Waals surface area contributed by atoms with Crippen molar-refractivity contribution in [3.63, 3.8) is 0 Å². The third kappa shape index (κ3) is 6.63. The zero-order chi connectivity index (χ0) is 25.5. The minimum absolute atomic E-state index is 0.0615. The maximum atomic E-state index is 14.7. The van der Waals surface area contributed by atoms with Crippen LogP contribution >= 0.6 is 23.1 Å². The van der Waals surface area contributed by atoms with Gasteiger partial charge >= 0.3 is 5.97 Å². The molecule has 3 heterocycles. The van der Waals surface area contributed by atoms with E-state index in [0.29, 0.717) is 29.5 Å². The van der Waals surface area contributed by atoms with Gasteiger partial charge in [0, 0.05) is 37.1 Å². The van der Waals surface area contributed by atoms with Crippen LogP contribution in [0.3, 0.4) is 0 Å². The number of carbonyl (C=O) groups is 2. The second-order valence-corrected chi connectivity index (χ2v) is 11.3. The third-order valence-electron chi connectivity index (χ3n) is 6.83. The van der Waals surface area contributed by atoms with E-state index in [9.17, 15) is 14.0 Å². The zero-order valence-corrected chi connectivity index (χ0v) is 22.2. The highest BCUT2D eigenvalue weighted by molar-refractivity contribution is 8.01. The Hall–Kier alpha value is -2.49. The van der Waals surface area contributed by atoms with Crippen molar-refractivity contribution in [2.24, 2.45) is 11.8 Å². The second-order valence-electron chi connectivity index (χ2n) is 9.00. The number of benzene rings is 1. The molecule has 1 aliphatic heterocycles. The van der Waals surface area contributed by atoms with Crippen molar-refractivity contribution in [3.8, 4) is 5.75 Å². The number of carbonyl (C=O) groups excluding carboxylic acids is 2. The van der Waals surface area contributed by atoms with E-state index in [1.165, 1.54) is 18.4 Å². The smallest absolute Gasteiger partial charge is 0.305 e. The number of hydrogen-bond acceptors (Lipinski definition) is 8. The molecular formula is C27H31FN2O4S2. The van der Waals surface area contributed by atoms with Gasteiger partial charge in [-0.05, 0) is 60.9 Å². The molecular weight excluding hydrogens is 499 g/mol. The summed E-state index contributed by atoms with van der Waals surface area (Å²) in [5.74, 6) is 0.734. The number of methoxy groups -OCH3 is 2. The summed E-state index contributed by atoms with van der Waals surface area (Å²) in [6.07, 6.45) is 3.14. The van der Waals surface area contributed by atoms with E-state index in [4.69, 9.17) is 9.47 Å². The van der Waals surface area contributed by atoms with Crippen molar-refractivity contribution < 1.29 is 23.5 Å². The summed E-state index contributed by atoms with van der Waals surface area (Å²) >= 11 is 3.60. The Balaban J connectivity index is 1.40. The Labute approximate surface area is 219 Å². The lowest BCUT2D eigenvalue weighted by Gasteiger charge is -2.38. The number of hydrogen-bond donors (Lipinski definition) is 0. The first-order chi connectivity index (χ1) is 17.5. The van der Waals surface area contributed by atoms with E-state index in [0.717, 1.165) is 38.0 Å². The summed E-state index contributed by atoms with van der Waals surface area (Å²) in [6.45, 7) is 2.66. The van der Waals surface area contributed by atoms with Gasteiger partial charge in [-0.3, -0.25) is 14.6 Å². The molecule has 1 aromatic carbocycles. The predicted octanol–water partition coefficient (Wildman–Crippen LogP) is 5.70. The average Bonchev–Trinajstić information content (AvgIpc) is 3.41. The molecule has 4 rings (SSSR count). The van der Waals surface area contributed by atoms with Gasteiger partial charge < -0.3 is 14.4 Å². The Morgan fingerprint density at radius 2 is 2.11 bits per heavy atom. The summed E-state index contributed by atoms with van der Waals surface area (Å²) in [7, 11) is 2.94. The summed E-state index contributed by atoms with van der Waals surface area (Å²) in [4.78, 5) is 31.9. The molecule has 2 unspecified atom stereocenters. The number of Topliss-reactive ketones (excluding diaryl/α,β-unsaturated/α-hetero) is 1. The van der Waals surface area contributed by atoms with Crippen LogP contribution in [0.5, 0.6) is 5.75 Å². The van der Waals surface area contributed by atoms with Crippen molar-refractivity contribution in [1.82, 2.24) is 9.88 Å². The molecule has 2 atom stereocenters. The van der Waals surface area contributed by atoms with Crippen LogP contribution in [0.2, 0.25) is 0 Å². The number of ether oxygens (including phenoxy) is 2. The predicted molar refractivity (Wildman–Crippen MR) is 142 cm³/mol. The highest BCUT2D eigenvalue weighted by Crippen LogP contribution is 2.33. The molecule has 2 aromatic heterocycles. The van der Waals surface area contributed by atoms with Crippen molar-refractivity contribution in [3.05, 3.63) is 53.3 Å². The minimum atomic E-state index is -0.620. The summed E-state index contributed by atoms with van der Waals surface area (Å²) in [5, 5.41) is 2.54. The third-order valence-corrected chi connectivity index (χ3v) is 8.94. The van der Waals surface area contributed by atoms with Gasteiger partial charge in [-0.1, -0.05) is 6.07 Å². The first kappa shape index (κ1) is 26.6. The average molecular weight is 531 g/mol. The maximum absolute atomic E-state index is 14.7. The number of thioether (sulfide) groups is 1. The van der Waals surface area contributed by atoms with Gasteiger partial charge in [-0.25, -0.2) is 4.39 Å². The molecule has 0 bridgehead atoms. The zero-order valence-electron chi connectivity index (χ0n) is 20.6. The number of thiophene rings is 1. The minimum Gasteiger partial charge on any atom is -0.497 e. The summed E-state index contributed by atoms with van der Waals surface area (Å²) < 4.78 is 26.3. The molecule has 0 aliphatic carbocycles. The molecule has 0 saturated carbocycles. The number of likely N-dealkylation sites (tertiary alicyclic amines) is 1. The molecule has 0 radical (unpaired) electrons. The molecule has 1 fully saturated rings. The quantitative estimate of drug-likeness (QED) is 0.179. The number of halogens is 1. The molecule has 0 amide bonds. The van der Waals surface area contributed by atoms with Crippen LogP contribution in [0, 0.1) is 17.7 Å². The van der Waals surface area contributed by atoms with E-state index in [2.05, 4.69) is 27.4 Å². The van der Waals surface area contributed by atoms with Crippen molar-refractivity contribution in [2.75, 3.05) is 39.6 Å². The second kappa shape index (κ2) is 12.7. The van der Waals surface area contributed by atoms with Crippen LogP contribution in [-0.2, 0) is 9.53 Å². The highest BCUT2D eigenvalue weighted by Gasteiger charge is 2.31. The molecule has 0 spiro atoms. The fraction of sp³-hybridized carbons (Fsp3) is 0.444. The molecule has 0 N–H and O–H groups in total. The maximum Gasteiger partial charge on any atom is 0.305 e. The van der Waals surface area contributed by atoms with E-state index < -0.39 is 5.82 Å². The topological polar surface area (TPSA) is 68.7 Å². The number of piperidine rings is 1. The first-order valence-corrected chi connectivity index (χ1v) is 14.0. The van der Waals surface area contributed by atoms with E-state index in [1.807, 2.05) is 11.8 Å². The van der Waals surface area contributed by atoms with Gasteiger partial charge in [0.2, 0.25) is 0 Å². The monoisotopic (exact) mass is 530 g/mol. The number of fused-ring (bicyclic) bond motifs is 1. The van der Waals surface area contributed by atoms with Crippen LogP contribution in [0.4, 0.5) is 4.39 Å². The molecule has 9 heteroatoms. The van der Waals surface area contributed by atoms with E-state index in [1.54, 1.807) is 29.5 Å². The van der Waals surface area contributed by atoms with Gasteiger partial charge in [0.25, 0.3) is 0 Å². The van der Waals surface area contributed by atoms with Crippen LogP contribution in [0.25, 0.3) is 10.9 Å². The SMILES string of the molecule is COC(=O)CC1CN(CCSc2cccs2)CCC1CCC(=O)c1c(F)cnc2ccc(OC)cc12. The fourth-order valence-corrected chi connectivity index (χ4v) is 6.75. The van der Waals surface area contributed by atoms with E-state index >= 15 is 0 Å². The fourth-order valence-electron chi connectivity index (χ4n) is 4.89. The standard InChI is InChI=1S/C27H31FN2O4S2/c1-33-20-6-7-23-21(15-20)27(22(28)16-29-23)24(31)8-5-18-9-10-30(17-19(18)14-25(32)34-2)11-13-36-26-4-3-12-35-26/h3-4,6-7,12,15-16,18-19H,5,8-11,13-14,17H2,1-2H3. The Bertz CT molecular complexity index is 1190. The van der Waals surface area contributed by atoms with Gasteiger partial charge in [0.1, 0.15) is 5.75 Å². The summed E-state index contributed by atoms with van der Waals surface area (Å²) in [5.41, 5.74) is 0.615. The lowest BCUT2D eigenvalue weighted by molar-refractivity contribution is -0.142. The molecule has 36 heavy (non-hydrogen) atoms. The Morgan fingerprint density at radius 3 is 2.86 bits per heavy atom. The van der Waals surface area contributed by atoms with Crippen molar-refractivity contribution in [2.45, 2.75) is 29.9 Å². The molecule has 1 saturated heterocycles. The van der Waals surface area contributed by atoms with Crippen molar-refractivity contribution >= 4 is 45.8 Å². The highest BCUT2D eigenvalue weighted by atomic mass is 32.2. The van der Waals surface area contributed by atoms with Crippen LogP contribution in [0.15, 0.2) is 46.1 Å². The van der Waals surface area contributed by atoms with Gasteiger partial charge in [-0.2, -0.15) is 0 Å². The summed E-state index contributed by atoms with van der Waals surface area (Å²) in [6, 6.07) is 9.31. The van der Waals surface area contributed by atoms with Gasteiger partial charge in [0.15, 0.2) is 11.6 Å². The molecule has 1 aliphatic rings.